The third kappa shape index (κ3) is 2.54. The zero-order valence-electron chi connectivity index (χ0n) is 9.86. The summed E-state index contributed by atoms with van der Waals surface area (Å²) in [7, 11) is 0. The van der Waals surface area contributed by atoms with E-state index in [1.807, 2.05) is 24.3 Å². The molecule has 86 valence electrons. The van der Waals surface area contributed by atoms with Crippen LogP contribution < -0.4 is 5.32 Å². The Labute approximate surface area is 95.9 Å². The van der Waals surface area contributed by atoms with Crippen molar-refractivity contribution in [2.75, 3.05) is 5.32 Å². The second-order valence-electron chi connectivity index (χ2n) is 4.17. The van der Waals surface area contributed by atoms with Gasteiger partial charge in [0, 0.05) is 6.04 Å². The highest BCUT2D eigenvalue weighted by atomic mass is 16.4. The number of nitrogens with zero attached hydrogens (tertiary/aromatic N) is 1. The lowest BCUT2D eigenvalue weighted by molar-refractivity contribution is 0.577. The van der Waals surface area contributed by atoms with Crippen LogP contribution in [0.5, 0.6) is 0 Å². The molecule has 0 spiro atoms. The van der Waals surface area contributed by atoms with E-state index in [4.69, 9.17) is 4.42 Å². The van der Waals surface area contributed by atoms with Gasteiger partial charge in [0.2, 0.25) is 0 Å². The summed E-state index contributed by atoms with van der Waals surface area (Å²) in [5.74, 6) is 0. The van der Waals surface area contributed by atoms with Gasteiger partial charge in [-0.1, -0.05) is 31.9 Å². The molecule has 3 heteroatoms. The third-order valence-electron chi connectivity index (χ3n) is 2.65. The summed E-state index contributed by atoms with van der Waals surface area (Å²) in [6, 6.07) is 8.86. The molecule has 16 heavy (non-hydrogen) atoms. The van der Waals surface area contributed by atoms with Crippen molar-refractivity contribution in [1.82, 2.24) is 4.98 Å². The van der Waals surface area contributed by atoms with Gasteiger partial charge in [-0.05, 0) is 25.5 Å². The van der Waals surface area contributed by atoms with Crippen molar-refractivity contribution in [1.29, 1.82) is 0 Å². The predicted molar refractivity (Wildman–Crippen MR) is 66.6 cm³/mol. The molecular formula is C13H18N2O. The first-order valence-electron chi connectivity index (χ1n) is 5.91. The lowest BCUT2D eigenvalue weighted by Crippen LogP contribution is -2.14. The van der Waals surface area contributed by atoms with Crippen LogP contribution in [-0.2, 0) is 0 Å². The molecule has 0 fully saturated rings. The van der Waals surface area contributed by atoms with Crippen molar-refractivity contribution in [3.05, 3.63) is 24.3 Å². The summed E-state index contributed by atoms with van der Waals surface area (Å²) in [6.45, 7) is 4.36. The Bertz CT molecular complexity index is 417. The summed E-state index contributed by atoms with van der Waals surface area (Å²) in [5.41, 5.74) is 1.75. The van der Waals surface area contributed by atoms with Crippen molar-refractivity contribution >= 4 is 17.1 Å². The van der Waals surface area contributed by atoms with Crippen molar-refractivity contribution < 1.29 is 4.42 Å². The van der Waals surface area contributed by atoms with E-state index in [-0.39, 0.29) is 0 Å². The predicted octanol–water partition coefficient (Wildman–Crippen LogP) is 3.82. The zero-order chi connectivity index (χ0) is 11.4. The minimum Gasteiger partial charge on any atom is -0.424 e. The average molecular weight is 218 g/mol. The number of benzene rings is 1. The van der Waals surface area contributed by atoms with Crippen LogP contribution in [0.4, 0.5) is 6.01 Å². The Hall–Kier alpha value is -1.51. The smallest absolute Gasteiger partial charge is 0.295 e. The van der Waals surface area contributed by atoms with Gasteiger partial charge in [0.05, 0.1) is 0 Å². The first-order chi connectivity index (χ1) is 7.79. The Morgan fingerprint density at radius 2 is 2.19 bits per heavy atom. The Balaban J connectivity index is 2.03. The van der Waals surface area contributed by atoms with Crippen molar-refractivity contribution in [3.63, 3.8) is 0 Å². The molecule has 0 bridgehead atoms. The molecular weight excluding hydrogens is 200 g/mol. The van der Waals surface area contributed by atoms with Crippen LogP contribution in [0.25, 0.3) is 11.1 Å². The van der Waals surface area contributed by atoms with Crippen molar-refractivity contribution in [2.45, 2.75) is 39.2 Å². The minimum absolute atomic E-state index is 0.410. The fourth-order valence-corrected chi connectivity index (χ4v) is 1.73. The molecule has 1 heterocycles. The summed E-state index contributed by atoms with van der Waals surface area (Å²) in [4.78, 5) is 4.38. The lowest BCUT2D eigenvalue weighted by Gasteiger charge is -2.10. The maximum absolute atomic E-state index is 5.60. The molecule has 1 aromatic heterocycles. The van der Waals surface area contributed by atoms with E-state index in [1.54, 1.807) is 0 Å². The van der Waals surface area contributed by atoms with E-state index in [2.05, 4.69) is 24.1 Å². The van der Waals surface area contributed by atoms with E-state index in [9.17, 15) is 0 Å². The molecule has 1 unspecified atom stereocenters. The van der Waals surface area contributed by atoms with Gasteiger partial charge in [-0.3, -0.25) is 0 Å². The normalized spacial score (nSPS) is 12.9. The maximum atomic E-state index is 5.60. The third-order valence-corrected chi connectivity index (χ3v) is 2.65. The summed E-state index contributed by atoms with van der Waals surface area (Å²) < 4.78 is 5.60. The van der Waals surface area contributed by atoms with Crippen LogP contribution in [0.15, 0.2) is 28.7 Å². The SMILES string of the molecule is CCCCC(C)Nc1nc2ccccc2o1. The number of hydrogen-bond donors (Lipinski definition) is 1. The van der Waals surface area contributed by atoms with Gasteiger partial charge in [0.1, 0.15) is 5.52 Å². The van der Waals surface area contributed by atoms with Crippen molar-refractivity contribution in [3.8, 4) is 0 Å². The molecule has 0 radical (unpaired) electrons. The second-order valence-corrected chi connectivity index (χ2v) is 4.17. The molecule has 0 saturated heterocycles. The molecule has 0 aliphatic carbocycles. The van der Waals surface area contributed by atoms with E-state index >= 15 is 0 Å². The van der Waals surface area contributed by atoms with Gasteiger partial charge >= 0.3 is 0 Å². The van der Waals surface area contributed by atoms with Crippen LogP contribution in [0.2, 0.25) is 0 Å². The quantitative estimate of drug-likeness (QED) is 0.829. The number of aromatic nitrogens is 1. The Morgan fingerprint density at radius 1 is 1.38 bits per heavy atom. The summed E-state index contributed by atoms with van der Waals surface area (Å²) in [6.07, 6.45) is 3.60. The number of para-hydroxylation sites is 2. The number of nitrogens with one attached hydrogen (secondary N) is 1. The molecule has 0 aliphatic rings. The van der Waals surface area contributed by atoms with Crippen LogP contribution in [0.3, 0.4) is 0 Å². The van der Waals surface area contributed by atoms with E-state index in [1.165, 1.54) is 12.8 Å². The van der Waals surface area contributed by atoms with Crippen molar-refractivity contribution in [2.24, 2.45) is 0 Å². The zero-order valence-corrected chi connectivity index (χ0v) is 9.86. The number of oxazole rings is 1. The van der Waals surface area contributed by atoms with Crippen LogP contribution >= 0.6 is 0 Å². The first kappa shape index (κ1) is 11.0. The topological polar surface area (TPSA) is 38.1 Å². The Kier molecular flexibility index (Phi) is 3.44. The standard InChI is InChI=1S/C13H18N2O/c1-3-4-7-10(2)14-13-15-11-8-5-6-9-12(11)16-13/h5-6,8-10H,3-4,7H2,1-2H3,(H,14,15). The lowest BCUT2D eigenvalue weighted by atomic mass is 10.1. The van der Waals surface area contributed by atoms with Crippen LogP contribution in [0, 0.1) is 0 Å². The molecule has 1 atom stereocenters. The Morgan fingerprint density at radius 3 is 2.94 bits per heavy atom. The molecule has 1 aromatic carbocycles. The van der Waals surface area contributed by atoms with Gasteiger partial charge in [0.25, 0.3) is 6.01 Å². The first-order valence-corrected chi connectivity index (χ1v) is 5.91. The number of fused-ring (bicyclic) bond motifs is 1. The van der Waals surface area contributed by atoms with E-state index < -0.39 is 0 Å². The minimum atomic E-state index is 0.410. The van der Waals surface area contributed by atoms with E-state index in [0.717, 1.165) is 17.5 Å². The largest absolute Gasteiger partial charge is 0.424 e. The molecule has 0 amide bonds. The monoisotopic (exact) mass is 218 g/mol. The number of unbranched alkanes of at least 4 members (excludes halogenated alkanes) is 1. The molecule has 2 rings (SSSR count). The average Bonchev–Trinajstić information content (AvgIpc) is 2.68. The fraction of sp³-hybridized carbons (Fsp3) is 0.462. The number of hydrogen-bond acceptors (Lipinski definition) is 3. The highest BCUT2D eigenvalue weighted by Gasteiger charge is 2.07. The molecule has 3 nitrogen and oxygen atoms in total. The van der Waals surface area contributed by atoms with Gasteiger partial charge in [-0.15, -0.1) is 0 Å². The second kappa shape index (κ2) is 5.01. The molecule has 1 N–H and O–H groups in total. The van der Waals surface area contributed by atoms with E-state index in [0.29, 0.717) is 12.1 Å². The molecule has 2 aromatic rings. The highest BCUT2D eigenvalue weighted by molar-refractivity contribution is 5.74. The molecule has 0 saturated carbocycles. The van der Waals surface area contributed by atoms with Gasteiger partial charge in [-0.25, -0.2) is 0 Å². The van der Waals surface area contributed by atoms with Gasteiger partial charge in [-0.2, -0.15) is 4.98 Å². The fourth-order valence-electron chi connectivity index (χ4n) is 1.73. The number of rotatable bonds is 5. The highest BCUT2D eigenvalue weighted by Crippen LogP contribution is 2.19. The summed E-state index contributed by atoms with van der Waals surface area (Å²) in [5, 5.41) is 3.29. The van der Waals surface area contributed by atoms with Crippen LogP contribution in [-0.4, -0.2) is 11.0 Å². The number of anilines is 1. The molecule has 0 aliphatic heterocycles. The summed E-state index contributed by atoms with van der Waals surface area (Å²) >= 11 is 0. The van der Waals surface area contributed by atoms with Gasteiger partial charge < -0.3 is 9.73 Å². The van der Waals surface area contributed by atoms with Gasteiger partial charge in [0.15, 0.2) is 5.58 Å². The van der Waals surface area contributed by atoms with Crippen LogP contribution in [0.1, 0.15) is 33.1 Å². The maximum Gasteiger partial charge on any atom is 0.295 e.